The van der Waals surface area contributed by atoms with Gasteiger partial charge < -0.3 is 0 Å². The zero-order chi connectivity index (χ0) is 12.4. The Morgan fingerprint density at radius 3 is 2.79 bits per heavy atom. The van der Waals surface area contributed by atoms with Crippen molar-refractivity contribution in [2.24, 2.45) is 0 Å². The van der Waals surface area contributed by atoms with Crippen LogP contribution in [0.5, 0.6) is 0 Å². The van der Waals surface area contributed by atoms with Gasteiger partial charge in [0.2, 0.25) is 0 Å². The Labute approximate surface area is 118 Å². The molecule has 5 rings (SSSR count). The van der Waals surface area contributed by atoms with Crippen molar-refractivity contribution in [2.45, 2.75) is 6.42 Å². The Balaban J connectivity index is 1.99. The zero-order valence-electron chi connectivity index (χ0n) is 10.1. The molecule has 1 aliphatic rings. The average molecular weight is 278 g/mol. The Morgan fingerprint density at radius 2 is 1.79 bits per heavy atom. The van der Waals surface area contributed by atoms with E-state index in [2.05, 4.69) is 47.8 Å². The van der Waals surface area contributed by atoms with Gasteiger partial charge in [-0.3, -0.25) is 0 Å². The molecule has 2 heteroatoms. The molecule has 0 unspecified atom stereocenters. The maximum atomic E-state index is 2.33. The van der Waals surface area contributed by atoms with E-state index in [1.54, 1.807) is 0 Å². The summed E-state index contributed by atoms with van der Waals surface area (Å²) < 4.78 is 2.84. The second kappa shape index (κ2) is 3.47. The maximum absolute atomic E-state index is 2.33. The summed E-state index contributed by atoms with van der Waals surface area (Å²) in [4.78, 5) is 1.49. The minimum atomic E-state index is 1.08. The third-order valence-electron chi connectivity index (χ3n) is 4.00. The number of hydrogen-bond acceptors (Lipinski definition) is 2. The molecule has 19 heavy (non-hydrogen) atoms. The molecule has 0 amide bonds. The van der Waals surface area contributed by atoms with Crippen LogP contribution in [0.4, 0.5) is 0 Å². The van der Waals surface area contributed by atoms with Crippen molar-refractivity contribution in [3.63, 3.8) is 0 Å². The van der Waals surface area contributed by atoms with Gasteiger partial charge in [0.05, 0.1) is 0 Å². The monoisotopic (exact) mass is 278 g/mol. The van der Waals surface area contributed by atoms with E-state index in [1.807, 2.05) is 22.7 Å². The SMILES string of the molecule is c1ccc2c3c(sc2c1)-c1csc2cccc(c12)C3. The van der Waals surface area contributed by atoms with E-state index in [9.17, 15) is 0 Å². The molecule has 0 bridgehead atoms. The molecule has 90 valence electrons. The van der Waals surface area contributed by atoms with Gasteiger partial charge >= 0.3 is 0 Å². The summed E-state index contributed by atoms with van der Waals surface area (Å²) in [6, 6.07) is 15.5. The van der Waals surface area contributed by atoms with Crippen LogP contribution in [0.15, 0.2) is 47.8 Å². The zero-order valence-corrected chi connectivity index (χ0v) is 11.8. The highest BCUT2D eigenvalue weighted by molar-refractivity contribution is 7.23. The molecule has 0 radical (unpaired) electrons. The lowest BCUT2D eigenvalue weighted by atomic mass is 9.91. The van der Waals surface area contributed by atoms with E-state index in [0.29, 0.717) is 0 Å². The fourth-order valence-electron chi connectivity index (χ4n) is 3.16. The number of rotatable bonds is 0. The largest absolute Gasteiger partial charge is 0.143 e. The summed E-state index contributed by atoms with van der Waals surface area (Å²) in [5.41, 5.74) is 4.47. The minimum Gasteiger partial charge on any atom is -0.143 e. The van der Waals surface area contributed by atoms with E-state index < -0.39 is 0 Å². The van der Waals surface area contributed by atoms with Crippen LogP contribution in [0.1, 0.15) is 11.1 Å². The molecule has 0 saturated carbocycles. The molecule has 0 spiro atoms. The van der Waals surface area contributed by atoms with Crippen LogP contribution in [0, 0.1) is 0 Å². The highest BCUT2D eigenvalue weighted by Crippen LogP contribution is 2.48. The van der Waals surface area contributed by atoms with Gasteiger partial charge in [-0.1, -0.05) is 30.3 Å². The van der Waals surface area contributed by atoms with Crippen LogP contribution < -0.4 is 0 Å². The quantitative estimate of drug-likeness (QED) is 0.341. The summed E-state index contributed by atoms with van der Waals surface area (Å²) in [7, 11) is 0. The number of hydrogen-bond donors (Lipinski definition) is 0. The Bertz CT molecular complexity index is 940. The van der Waals surface area contributed by atoms with Crippen LogP contribution in [0.25, 0.3) is 30.6 Å². The number of fused-ring (bicyclic) bond motifs is 4. The van der Waals surface area contributed by atoms with Crippen LogP contribution in [-0.4, -0.2) is 0 Å². The van der Waals surface area contributed by atoms with Crippen LogP contribution in [0.2, 0.25) is 0 Å². The van der Waals surface area contributed by atoms with Gasteiger partial charge in [-0.15, -0.1) is 22.7 Å². The van der Waals surface area contributed by atoms with Gasteiger partial charge in [0.15, 0.2) is 0 Å². The molecule has 0 atom stereocenters. The van der Waals surface area contributed by atoms with Gasteiger partial charge in [0.1, 0.15) is 0 Å². The van der Waals surface area contributed by atoms with Gasteiger partial charge in [-0.2, -0.15) is 0 Å². The molecular formula is C17H10S2. The van der Waals surface area contributed by atoms with E-state index >= 15 is 0 Å². The Morgan fingerprint density at radius 1 is 0.895 bits per heavy atom. The van der Waals surface area contributed by atoms with Gasteiger partial charge in [-0.05, 0) is 28.6 Å². The van der Waals surface area contributed by atoms with Crippen LogP contribution in [0.3, 0.4) is 0 Å². The van der Waals surface area contributed by atoms with Gasteiger partial charge in [0.25, 0.3) is 0 Å². The first-order valence-corrected chi connectivity index (χ1v) is 8.11. The lowest BCUT2D eigenvalue weighted by molar-refractivity contribution is 1.24. The van der Waals surface area contributed by atoms with Gasteiger partial charge in [0, 0.05) is 37.0 Å². The van der Waals surface area contributed by atoms with E-state index in [-0.39, 0.29) is 0 Å². The van der Waals surface area contributed by atoms with Crippen molar-refractivity contribution in [3.8, 4) is 10.4 Å². The molecule has 4 aromatic rings. The molecule has 1 aliphatic carbocycles. The number of benzene rings is 2. The molecule has 2 heterocycles. The lowest BCUT2D eigenvalue weighted by Crippen LogP contribution is -1.95. The predicted octanol–water partition coefficient (Wildman–Crippen LogP) is 5.69. The summed E-state index contributed by atoms with van der Waals surface area (Å²) in [5, 5.41) is 5.27. The first-order valence-electron chi connectivity index (χ1n) is 6.42. The third kappa shape index (κ3) is 1.23. The fourth-order valence-corrected chi connectivity index (χ4v) is 5.47. The molecule has 0 nitrogen and oxygen atoms in total. The molecule has 2 aromatic carbocycles. The third-order valence-corrected chi connectivity index (χ3v) is 6.19. The standard InChI is InChI=1S/C17H10S2/c1-2-6-14-11(5-1)12-8-10-4-3-7-15-16(10)13(9-18-15)17(12)19-14/h1-7,9H,8H2. The van der Waals surface area contributed by atoms with Crippen LogP contribution in [-0.2, 0) is 6.42 Å². The van der Waals surface area contributed by atoms with Crippen LogP contribution >= 0.6 is 22.7 Å². The Kier molecular flexibility index (Phi) is 1.86. The Hall–Kier alpha value is -1.64. The normalized spacial score (nSPS) is 13.1. The summed E-state index contributed by atoms with van der Waals surface area (Å²) in [6.45, 7) is 0. The fraction of sp³-hybridized carbons (Fsp3) is 0.0588. The summed E-state index contributed by atoms with van der Waals surface area (Å²) >= 11 is 3.82. The summed E-state index contributed by atoms with van der Waals surface area (Å²) in [6.07, 6.45) is 1.08. The van der Waals surface area contributed by atoms with Crippen molar-refractivity contribution < 1.29 is 0 Å². The van der Waals surface area contributed by atoms with E-state index in [4.69, 9.17) is 0 Å². The van der Waals surface area contributed by atoms with Crippen molar-refractivity contribution in [1.29, 1.82) is 0 Å². The first kappa shape index (κ1) is 10.2. The molecule has 0 N–H and O–H groups in total. The second-order valence-corrected chi connectivity index (χ2v) is 6.99. The van der Waals surface area contributed by atoms with Crippen molar-refractivity contribution in [2.75, 3.05) is 0 Å². The second-order valence-electron chi connectivity index (χ2n) is 5.02. The van der Waals surface area contributed by atoms with Crippen molar-refractivity contribution in [3.05, 3.63) is 59.0 Å². The molecule has 0 aliphatic heterocycles. The molecule has 0 saturated heterocycles. The molecule has 2 aromatic heterocycles. The topological polar surface area (TPSA) is 0 Å². The lowest BCUT2D eigenvalue weighted by Gasteiger charge is -2.13. The highest BCUT2D eigenvalue weighted by Gasteiger charge is 2.23. The maximum Gasteiger partial charge on any atom is 0.0405 e. The average Bonchev–Trinajstić information content (AvgIpc) is 3.02. The molecular weight excluding hydrogens is 268 g/mol. The van der Waals surface area contributed by atoms with Gasteiger partial charge in [-0.25, -0.2) is 0 Å². The first-order chi connectivity index (χ1) is 9.42. The molecule has 0 fully saturated rings. The van der Waals surface area contributed by atoms with E-state index in [0.717, 1.165) is 6.42 Å². The van der Waals surface area contributed by atoms with Crippen molar-refractivity contribution in [1.82, 2.24) is 0 Å². The minimum absolute atomic E-state index is 1.08. The number of thiophene rings is 2. The highest BCUT2D eigenvalue weighted by atomic mass is 32.1. The van der Waals surface area contributed by atoms with E-state index in [1.165, 1.54) is 41.7 Å². The summed E-state index contributed by atoms with van der Waals surface area (Å²) in [5.74, 6) is 0. The van der Waals surface area contributed by atoms with Crippen molar-refractivity contribution >= 4 is 42.8 Å². The smallest absolute Gasteiger partial charge is 0.0405 e. The predicted molar refractivity (Wildman–Crippen MR) is 85.5 cm³/mol.